The van der Waals surface area contributed by atoms with Crippen LogP contribution in [0, 0.1) is 33.8 Å². The van der Waals surface area contributed by atoms with E-state index in [4.69, 9.17) is 42.6 Å². The van der Waals surface area contributed by atoms with Crippen LogP contribution in [0.4, 0.5) is 0 Å². The number of ether oxygens (including phenoxy) is 9. The molecule has 398 valence electrons. The molecule has 2 aromatic rings. The molecule has 4 bridgehead atoms. The number of carbonyl (C=O) groups excluding carboxylic acids is 4. The lowest BCUT2D eigenvalue weighted by Crippen LogP contribution is -2.79. The van der Waals surface area contributed by atoms with Gasteiger partial charge in [-0.25, -0.2) is 9.59 Å². The van der Waals surface area contributed by atoms with E-state index in [0.29, 0.717) is 18.4 Å². The minimum absolute atomic E-state index is 0.00105. The maximum absolute atomic E-state index is 16.2. The number of esters is 2. The molecular weight excluding hydrogens is 959 g/mol. The van der Waals surface area contributed by atoms with E-state index in [1.54, 1.807) is 26.8 Å². The normalized spacial score (nSPS) is 33.6. The van der Waals surface area contributed by atoms with Gasteiger partial charge in [0.15, 0.2) is 34.3 Å². The zero-order valence-corrected chi connectivity index (χ0v) is 43.8. The van der Waals surface area contributed by atoms with Crippen molar-refractivity contribution in [1.29, 1.82) is 0 Å². The number of aliphatic hydroxyl groups is 2. The van der Waals surface area contributed by atoms with Crippen molar-refractivity contribution >= 4 is 29.6 Å². The Bertz CT molecular complexity index is 2780. The number of carbonyl (C=O) groups is 4. The molecule has 10 rings (SSSR count). The summed E-state index contributed by atoms with van der Waals surface area (Å²) in [4.78, 5) is 71.1. The molecule has 18 nitrogen and oxygen atoms in total. The van der Waals surface area contributed by atoms with Crippen molar-refractivity contribution < 1.29 is 76.9 Å². The smallest absolute Gasteiger partial charge is 0.343 e. The highest BCUT2D eigenvalue weighted by molar-refractivity contribution is 6.11. The molecule has 74 heavy (non-hydrogen) atoms. The number of rotatable bonds is 14. The van der Waals surface area contributed by atoms with Crippen LogP contribution in [0.3, 0.4) is 0 Å². The molecule has 0 aromatic heterocycles. The molecule has 5 heterocycles. The van der Waals surface area contributed by atoms with Gasteiger partial charge in [-0.3, -0.25) is 19.7 Å². The predicted molar refractivity (Wildman–Crippen MR) is 265 cm³/mol. The molecule has 6 fully saturated rings. The minimum atomic E-state index is -1.90. The lowest BCUT2D eigenvalue weighted by molar-refractivity contribution is -0.494. The Hall–Kier alpha value is -5.76. The first-order chi connectivity index (χ1) is 34.8. The van der Waals surface area contributed by atoms with Crippen molar-refractivity contribution in [3.8, 4) is 23.0 Å². The van der Waals surface area contributed by atoms with Gasteiger partial charge >= 0.3 is 11.9 Å². The highest BCUT2D eigenvalue weighted by Gasteiger charge is 2.86. The Labute approximate surface area is 430 Å². The molecule has 7 unspecified atom stereocenters. The van der Waals surface area contributed by atoms with Gasteiger partial charge in [-0.05, 0) is 131 Å². The van der Waals surface area contributed by atoms with Crippen LogP contribution in [-0.4, -0.2) is 118 Å². The van der Waals surface area contributed by atoms with Crippen LogP contribution in [0.2, 0.25) is 0 Å². The van der Waals surface area contributed by atoms with Crippen LogP contribution in [0.1, 0.15) is 127 Å². The molecular formula is C56H67NO17. The summed E-state index contributed by atoms with van der Waals surface area (Å²) in [5.41, 5.74) is -2.91. The molecule has 3 saturated heterocycles. The van der Waals surface area contributed by atoms with E-state index in [2.05, 4.69) is 6.08 Å². The summed E-state index contributed by atoms with van der Waals surface area (Å²) in [6, 6.07) is 5.76. The quantitative estimate of drug-likeness (QED) is 0.0468. The van der Waals surface area contributed by atoms with Crippen LogP contribution < -0.4 is 18.9 Å². The average molecular weight is 1030 g/mol. The van der Waals surface area contributed by atoms with E-state index < -0.39 is 118 Å². The van der Waals surface area contributed by atoms with Gasteiger partial charge in [0, 0.05) is 40.2 Å². The average Bonchev–Trinajstić information content (AvgIpc) is 3.47. The number of hydrogen-bond donors (Lipinski definition) is 2. The van der Waals surface area contributed by atoms with Gasteiger partial charge < -0.3 is 52.8 Å². The van der Waals surface area contributed by atoms with E-state index >= 15 is 9.59 Å². The summed E-state index contributed by atoms with van der Waals surface area (Å²) in [5, 5.41) is 34.6. The molecule has 8 aliphatic rings. The van der Waals surface area contributed by atoms with Gasteiger partial charge in [0.05, 0.1) is 36.4 Å². The second-order valence-corrected chi connectivity index (χ2v) is 22.4. The van der Waals surface area contributed by atoms with E-state index in [0.717, 1.165) is 11.1 Å². The van der Waals surface area contributed by atoms with Crippen LogP contribution >= 0.6 is 0 Å². The summed E-state index contributed by atoms with van der Waals surface area (Å²) < 4.78 is 56.4. The van der Waals surface area contributed by atoms with Crippen molar-refractivity contribution in [2.75, 3.05) is 20.3 Å². The highest BCUT2D eigenvalue weighted by atomic mass is 16.8. The van der Waals surface area contributed by atoms with Gasteiger partial charge in [-0.2, -0.15) is 0 Å². The molecule has 2 aromatic carbocycles. The molecule has 18 heteroatoms. The van der Waals surface area contributed by atoms with Crippen molar-refractivity contribution in [3.05, 3.63) is 97.7 Å². The summed E-state index contributed by atoms with van der Waals surface area (Å²) in [6.07, 6.45) is 4.74. The number of hydrogen-bond acceptors (Lipinski definition) is 17. The topological polar surface area (TPSA) is 235 Å². The van der Waals surface area contributed by atoms with Gasteiger partial charge in [0.2, 0.25) is 12.8 Å². The maximum atomic E-state index is 16.2. The van der Waals surface area contributed by atoms with E-state index in [1.165, 1.54) is 37.5 Å². The van der Waals surface area contributed by atoms with Gasteiger partial charge in [0.1, 0.15) is 52.8 Å². The number of fused-ring (bicyclic) bond motifs is 3. The summed E-state index contributed by atoms with van der Waals surface area (Å²) in [5.74, 6) is -7.50. The predicted octanol–water partition coefficient (Wildman–Crippen LogP) is 7.40. The number of ketones is 2. The first kappa shape index (κ1) is 53.1. The maximum Gasteiger partial charge on any atom is 0.343 e. The fourth-order valence-corrected chi connectivity index (χ4v) is 12.5. The Balaban J connectivity index is 1.18. The summed E-state index contributed by atoms with van der Waals surface area (Å²) >= 11 is 0. The first-order valence-electron chi connectivity index (χ1n) is 25.3. The second-order valence-electron chi connectivity index (χ2n) is 22.4. The number of methoxy groups -OCH3 is 1. The van der Waals surface area contributed by atoms with Crippen LogP contribution in [0.5, 0.6) is 23.0 Å². The SMILES string of the molecule is COC(=O)/C(C)=C\CC12OC(C)(C)C3CC(C1=O)C(C[N+](=O)[O-])C1C(=O)c4c(OC(=O)c5ccc(O[C@@H]6O[C@@H]7COC(C)(C)O[C@H]7[C@H](O)[C@H]6O)cc5)c5c(c(CC=C(C)C)c4OC132)OC(C)(CCC=C(C)C)C=C5. The van der Waals surface area contributed by atoms with Crippen LogP contribution in [0.25, 0.3) is 6.08 Å². The zero-order valence-electron chi connectivity index (χ0n) is 43.8. The highest BCUT2D eigenvalue weighted by Crippen LogP contribution is 2.72. The largest absolute Gasteiger partial charge is 0.482 e. The molecule has 0 radical (unpaired) electrons. The fraction of sp³-hybridized carbons (Fsp3) is 0.571. The third kappa shape index (κ3) is 8.87. The summed E-state index contributed by atoms with van der Waals surface area (Å²) in [6.45, 7) is 17.7. The molecule has 0 amide bonds. The first-order valence-corrected chi connectivity index (χ1v) is 25.3. The Morgan fingerprint density at radius 1 is 0.932 bits per heavy atom. The van der Waals surface area contributed by atoms with Gasteiger partial charge in [0.25, 0.3) is 0 Å². The van der Waals surface area contributed by atoms with E-state index in [1.807, 2.05) is 60.6 Å². The number of aliphatic hydroxyl groups excluding tert-OH is 2. The van der Waals surface area contributed by atoms with Crippen molar-refractivity contribution in [3.63, 3.8) is 0 Å². The number of benzene rings is 2. The Kier molecular flexibility index (Phi) is 13.7. The molecule has 1 spiro atoms. The van der Waals surface area contributed by atoms with Crippen LogP contribution in [0.15, 0.2) is 65.3 Å². The van der Waals surface area contributed by atoms with Crippen molar-refractivity contribution in [1.82, 2.24) is 0 Å². The third-order valence-electron chi connectivity index (χ3n) is 15.9. The molecule has 3 aliphatic carbocycles. The second kappa shape index (κ2) is 19.1. The lowest BCUT2D eigenvalue weighted by atomic mass is 9.43. The minimum Gasteiger partial charge on any atom is -0.482 e. The molecule has 12 atom stereocenters. The van der Waals surface area contributed by atoms with Crippen molar-refractivity contribution in [2.24, 2.45) is 23.7 Å². The fourth-order valence-electron chi connectivity index (χ4n) is 12.5. The number of Topliss-reactive ketones (excluding diaryl/α,β-unsaturated/α-hetero) is 2. The summed E-state index contributed by atoms with van der Waals surface area (Å²) in [7, 11) is 1.24. The monoisotopic (exact) mass is 1030 g/mol. The van der Waals surface area contributed by atoms with E-state index in [9.17, 15) is 29.9 Å². The van der Waals surface area contributed by atoms with Crippen molar-refractivity contribution in [2.45, 2.75) is 160 Å². The van der Waals surface area contributed by atoms with Gasteiger partial charge in [-0.1, -0.05) is 29.4 Å². The van der Waals surface area contributed by atoms with E-state index in [-0.39, 0.29) is 71.1 Å². The third-order valence-corrected chi connectivity index (χ3v) is 15.9. The lowest BCUT2D eigenvalue weighted by Gasteiger charge is -2.62. The standard InChI is InChI=1S/C56H67NO17/c1-28(2)13-12-22-54(10)23-21-34-44(72-54)33(19-14-29(3)4)46-39(45(34)70-50(63)31-15-17-32(18-16-31)68-51-43(60)42(59)47-37(69-51)27-67-53(8,9)71-47)41(58)40-36(26-57(64)65)35-25-38-52(6,7)74-55(48(35)61,56(38,40)73-46)24-20-30(5)49(62)66-11/h13-18,20-21,23,35-38,40,42-43,47,51,59-60H,12,19,22,24-27H2,1-11H3/b30-20-/t35?,36?,37-,38?,40?,42-,43-,47-,51-,54?,55?,56?/m1/s1. The molecule has 2 N–H and O–H groups in total. The Morgan fingerprint density at radius 2 is 1.64 bits per heavy atom. The van der Waals surface area contributed by atoms with Gasteiger partial charge in [-0.15, -0.1) is 0 Å². The number of nitro groups is 1. The van der Waals surface area contributed by atoms with Crippen LogP contribution in [-0.2, 0) is 39.7 Å². The zero-order chi connectivity index (χ0) is 53.6. The number of allylic oxidation sites excluding steroid dienone is 4. The Morgan fingerprint density at radius 3 is 2.30 bits per heavy atom. The molecule has 5 aliphatic heterocycles. The molecule has 3 saturated carbocycles. The number of nitrogens with zero attached hydrogens (tertiary/aromatic N) is 1.